The number of carbonyl (C=O) groups excluding carboxylic acids is 2. The van der Waals surface area contributed by atoms with Crippen molar-refractivity contribution in [2.45, 2.75) is 45.9 Å². The van der Waals surface area contributed by atoms with E-state index >= 15 is 0 Å². The van der Waals surface area contributed by atoms with Gasteiger partial charge in [-0.2, -0.15) is 0 Å². The zero-order valence-electron chi connectivity index (χ0n) is 18.2. The van der Waals surface area contributed by atoms with Gasteiger partial charge in [0.25, 0.3) is 0 Å². The second-order valence-corrected chi connectivity index (χ2v) is 8.23. The topological polar surface area (TPSA) is 88.9 Å². The van der Waals surface area contributed by atoms with Crippen molar-refractivity contribution < 1.29 is 9.59 Å². The Balaban J connectivity index is 1.57. The molecule has 0 aliphatic heterocycles. The summed E-state index contributed by atoms with van der Waals surface area (Å²) in [5, 5.41) is 15.5. The third-order valence-corrected chi connectivity index (χ3v) is 5.80. The van der Waals surface area contributed by atoms with Crippen LogP contribution in [0.25, 0.3) is 0 Å². The zero-order chi connectivity index (χ0) is 22.4. The number of benzene rings is 2. The summed E-state index contributed by atoms with van der Waals surface area (Å²) >= 11 is 1.35. The van der Waals surface area contributed by atoms with E-state index in [1.165, 1.54) is 29.8 Å². The number of nitrogens with zero attached hydrogens (tertiary/aromatic N) is 3. The lowest BCUT2D eigenvalue weighted by atomic mass is 10.1. The van der Waals surface area contributed by atoms with E-state index in [-0.39, 0.29) is 17.4 Å². The number of aromatic nitrogens is 3. The Morgan fingerprint density at radius 2 is 1.81 bits per heavy atom. The van der Waals surface area contributed by atoms with Crippen LogP contribution in [0, 0.1) is 13.8 Å². The highest BCUT2D eigenvalue weighted by molar-refractivity contribution is 7.99. The maximum atomic E-state index is 12.3. The molecule has 0 atom stereocenters. The monoisotopic (exact) mass is 437 g/mol. The first kappa shape index (κ1) is 22.6. The lowest BCUT2D eigenvalue weighted by Gasteiger charge is -2.11. The minimum atomic E-state index is -0.138. The number of amides is 1. The Bertz CT molecular complexity index is 1080. The summed E-state index contributed by atoms with van der Waals surface area (Å²) < 4.78 is 2.01. The van der Waals surface area contributed by atoms with Crippen molar-refractivity contribution >= 4 is 34.8 Å². The molecule has 0 saturated carbocycles. The highest BCUT2D eigenvalue weighted by Gasteiger charge is 2.14. The van der Waals surface area contributed by atoms with Crippen LogP contribution >= 0.6 is 11.8 Å². The van der Waals surface area contributed by atoms with E-state index in [2.05, 4.69) is 52.9 Å². The Morgan fingerprint density at radius 1 is 1.06 bits per heavy atom. The maximum absolute atomic E-state index is 12.3. The molecule has 0 saturated heterocycles. The number of anilines is 2. The van der Waals surface area contributed by atoms with E-state index in [4.69, 9.17) is 0 Å². The number of rotatable bonds is 9. The van der Waals surface area contributed by atoms with Crippen LogP contribution in [0.2, 0.25) is 0 Å². The number of Topliss-reactive ketones (excluding diaryl/α,β-unsaturated/α-hetero) is 1. The van der Waals surface area contributed by atoms with E-state index in [1.807, 2.05) is 11.5 Å². The van der Waals surface area contributed by atoms with Gasteiger partial charge in [0.15, 0.2) is 16.8 Å². The minimum Gasteiger partial charge on any atom is -0.378 e. The van der Waals surface area contributed by atoms with Crippen molar-refractivity contribution in [3.63, 3.8) is 0 Å². The Morgan fingerprint density at radius 3 is 2.45 bits per heavy atom. The smallest absolute Gasteiger partial charge is 0.234 e. The first-order valence-electron chi connectivity index (χ1n) is 10.1. The van der Waals surface area contributed by atoms with Crippen LogP contribution < -0.4 is 10.6 Å². The Kier molecular flexibility index (Phi) is 7.46. The normalized spacial score (nSPS) is 10.7. The van der Waals surface area contributed by atoms with Gasteiger partial charge >= 0.3 is 0 Å². The van der Waals surface area contributed by atoms with Crippen molar-refractivity contribution in [2.75, 3.05) is 16.4 Å². The number of nitrogens with one attached hydrogen (secondary N) is 2. The van der Waals surface area contributed by atoms with Gasteiger partial charge in [0, 0.05) is 23.5 Å². The predicted molar refractivity (Wildman–Crippen MR) is 125 cm³/mol. The van der Waals surface area contributed by atoms with Gasteiger partial charge in [-0.15, -0.1) is 10.2 Å². The first-order valence-corrected chi connectivity index (χ1v) is 11.1. The number of hydrogen-bond acceptors (Lipinski definition) is 6. The first-order chi connectivity index (χ1) is 14.9. The van der Waals surface area contributed by atoms with Crippen LogP contribution in [0.4, 0.5) is 11.4 Å². The van der Waals surface area contributed by atoms with E-state index in [1.54, 1.807) is 24.3 Å². The van der Waals surface area contributed by atoms with Crippen LogP contribution in [0.3, 0.4) is 0 Å². The van der Waals surface area contributed by atoms with E-state index in [9.17, 15) is 9.59 Å². The molecule has 1 amide bonds. The molecule has 8 heteroatoms. The molecule has 0 bridgehead atoms. The molecule has 162 valence electrons. The fraction of sp³-hybridized carbons (Fsp3) is 0.304. The fourth-order valence-electron chi connectivity index (χ4n) is 3.18. The van der Waals surface area contributed by atoms with Crippen molar-refractivity contribution in [2.24, 2.45) is 0 Å². The molecule has 3 rings (SSSR count). The van der Waals surface area contributed by atoms with Gasteiger partial charge in [-0.1, -0.05) is 29.5 Å². The van der Waals surface area contributed by atoms with Crippen molar-refractivity contribution in [3.8, 4) is 0 Å². The summed E-state index contributed by atoms with van der Waals surface area (Å²) in [4.78, 5) is 23.7. The molecular weight excluding hydrogens is 410 g/mol. The molecule has 0 unspecified atom stereocenters. The quantitative estimate of drug-likeness (QED) is 0.379. The largest absolute Gasteiger partial charge is 0.378 e. The summed E-state index contributed by atoms with van der Waals surface area (Å²) in [7, 11) is 0. The molecule has 7 nitrogen and oxygen atoms in total. The van der Waals surface area contributed by atoms with Gasteiger partial charge in [0.05, 0.1) is 12.3 Å². The molecule has 1 heterocycles. The van der Waals surface area contributed by atoms with E-state index in [0.29, 0.717) is 29.5 Å². The number of hydrogen-bond donors (Lipinski definition) is 2. The highest BCUT2D eigenvalue weighted by Crippen LogP contribution is 2.20. The molecule has 31 heavy (non-hydrogen) atoms. The number of carbonyl (C=O) groups is 2. The molecule has 2 aromatic carbocycles. The van der Waals surface area contributed by atoms with Crippen LogP contribution in [0.5, 0.6) is 0 Å². The average molecular weight is 438 g/mol. The summed E-state index contributed by atoms with van der Waals surface area (Å²) in [6.45, 7) is 8.97. The van der Waals surface area contributed by atoms with Gasteiger partial charge < -0.3 is 15.2 Å². The maximum Gasteiger partial charge on any atom is 0.234 e. The summed E-state index contributed by atoms with van der Waals surface area (Å²) in [6.07, 6.45) is 0. The van der Waals surface area contributed by atoms with Gasteiger partial charge in [-0.05, 0) is 63.6 Å². The predicted octanol–water partition coefficient (Wildman–Crippen LogP) is 4.46. The molecule has 0 aliphatic carbocycles. The molecule has 0 aliphatic rings. The lowest BCUT2D eigenvalue weighted by Crippen LogP contribution is -2.15. The van der Waals surface area contributed by atoms with E-state index < -0.39 is 0 Å². The molecule has 1 aromatic heterocycles. The average Bonchev–Trinajstić information content (AvgIpc) is 3.14. The number of thioether (sulfide) groups is 1. The van der Waals surface area contributed by atoms with Crippen LogP contribution in [-0.4, -0.2) is 32.2 Å². The van der Waals surface area contributed by atoms with E-state index in [0.717, 1.165) is 11.5 Å². The lowest BCUT2D eigenvalue weighted by molar-refractivity contribution is -0.113. The van der Waals surface area contributed by atoms with Gasteiger partial charge in [-0.3, -0.25) is 9.59 Å². The van der Waals surface area contributed by atoms with Gasteiger partial charge in [0.1, 0.15) is 0 Å². The fourth-order valence-corrected chi connectivity index (χ4v) is 4.00. The molecule has 0 fully saturated rings. The molecule has 3 aromatic rings. The molecule has 0 radical (unpaired) electrons. The SMILES string of the molecule is CCn1c(CNc2ccc(C)cc2C)nnc1SCC(=O)Nc1ccc(C(C)=O)cc1. The minimum absolute atomic E-state index is 0.00448. The Labute approximate surface area is 186 Å². The Hall–Kier alpha value is -3.13. The van der Waals surface area contributed by atoms with Crippen LogP contribution in [-0.2, 0) is 17.9 Å². The molecule has 0 spiro atoms. The highest BCUT2D eigenvalue weighted by atomic mass is 32.2. The van der Waals surface area contributed by atoms with Crippen molar-refractivity contribution in [3.05, 3.63) is 65.0 Å². The second-order valence-electron chi connectivity index (χ2n) is 7.29. The standard InChI is InChI=1S/C23H27N5O2S/c1-5-28-21(13-24-20-11-6-15(2)12-16(20)3)26-27-23(28)31-14-22(30)25-19-9-7-18(8-10-19)17(4)29/h6-12,24H,5,13-14H2,1-4H3,(H,25,30). The number of ketones is 1. The van der Waals surface area contributed by atoms with Crippen molar-refractivity contribution in [1.82, 2.24) is 14.8 Å². The summed E-state index contributed by atoms with van der Waals surface area (Å²) in [5.74, 6) is 0.901. The van der Waals surface area contributed by atoms with Crippen LogP contribution in [0.1, 0.15) is 41.2 Å². The second kappa shape index (κ2) is 10.3. The van der Waals surface area contributed by atoms with Crippen molar-refractivity contribution in [1.29, 1.82) is 0 Å². The van der Waals surface area contributed by atoms with Gasteiger partial charge in [0.2, 0.25) is 5.91 Å². The third-order valence-electron chi connectivity index (χ3n) is 4.84. The van der Waals surface area contributed by atoms with Crippen LogP contribution in [0.15, 0.2) is 47.6 Å². The zero-order valence-corrected chi connectivity index (χ0v) is 19.0. The molecule has 2 N–H and O–H groups in total. The van der Waals surface area contributed by atoms with Gasteiger partial charge in [-0.25, -0.2) is 0 Å². The summed E-state index contributed by atoms with van der Waals surface area (Å²) in [5.41, 5.74) is 4.76. The molecular formula is C23H27N5O2S. The number of aryl methyl sites for hydroxylation is 2. The summed E-state index contributed by atoms with van der Waals surface area (Å²) in [6, 6.07) is 13.1. The third kappa shape index (κ3) is 5.95.